The summed E-state index contributed by atoms with van der Waals surface area (Å²) >= 11 is 0. The number of carbonyl (C=O) groups is 2. The molecule has 7 heteroatoms. The summed E-state index contributed by atoms with van der Waals surface area (Å²) in [6.45, 7) is 3.58. The van der Waals surface area contributed by atoms with Gasteiger partial charge in [-0.25, -0.2) is 4.79 Å². The van der Waals surface area contributed by atoms with Crippen molar-refractivity contribution in [1.29, 1.82) is 0 Å². The van der Waals surface area contributed by atoms with Crippen molar-refractivity contribution >= 4 is 29.0 Å². The molecule has 3 N–H and O–H groups in total. The molecule has 0 saturated heterocycles. The molecule has 1 heterocycles. The molecule has 1 aromatic heterocycles. The Morgan fingerprint density at radius 1 is 0.889 bits per heavy atom. The number of anilines is 3. The van der Waals surface area contributed by atoms with Crippen molar-refractivity contribution in [2.75, 3.05) is 16.0 Å². The molecular weight excluding hydrogens is 344 g/mol. The first-order valence-electron chi connectivity index (χ1n) is 8.46. The molecule has 2 aromatic carbocycles. The van der Waals surface area contributed by atoms with E-state index in [-0.39, 0.29) is 18.4 Å². The number of benzene rings is 2. The van der Waals surface area contributed by atoms with Gasteiger partial charge in [0.1, 0.15) is 5.76 Å². The summed E-state index contributed by atoms with van der Waals surface area (Å²) in [5, 5.41) is 12.1. The van der Waals surface area contributed by atoms with Crippen molar-refractivity contribution < 1.29 is 14.1 Å². The van der Waals surface area contributed by atoms with Gasteiger partial charge in [0, 0.05) is 22.6 Å². The van der Waals surface area contributed by atoms with Crippen LogP contribution in [0.15, 0.2) is 59.1 Å². The van der Waals surface area contributed by atoms with Crippen LogP contribution in [0.5, 0.6) is 0 Å². The monoisotopic (exact) mass is 364 g/mol. The van der Waals surface area contributed by atoms with E-state index < -0.39 is 0 Å². The zero-order valence-electron chi connectivity index (χ0n) is 15.1. The number of hydrogen-bond donors (Lipinski definition) is 3. The number of aromatic nitrogens is 1. The Hall–Kier alpha value is -3.61. The highest BCUT2D eigenvalue weighted by Gasteiger charge is 2.13. The summed E-state index contributed by atoms with van der Waals surface area (Å²) in [6, 6.07) is 15.7. The lowest BCUT2D eigenvalue weighted by molar-refractivity contribution is -0.115. The van der Waals surface area contributed by atoms with Crippen LogP contribution in [-0.2, 0) is 11.2 Å². The first kappa shape index (κ1) is 18.2. The molecule has 0 atom stereocenters. The minimum atomic E-state index is -0.361. The van der Waals surface area contributed by atoms with Gasteiger partial charge in [0.15, 0.2) is 0 Å². The van der Waals surface area contributed by atoms with Gasteiger partial charge in [0.2, 0.25) is 5.91 Å². The predicted octanol–water partition coefficient (Wildman–Crippen LogP) is 4.12. The fraction of sp³-hybridized carbons (Fsp3) is 0.150. The number of urea groups is 1. The van der Waals surface area contributed by atoms with E-state index in [0.29, 0.717) is 28.5 Å². The van der Waals surface area contributed by atoms with Crippen molar-refractivity contribution in [3.05, 3.63) is 71.6 Å². The number of hydrogen-bond acceptors (Lipinski definition) is 4. The fourth-order valence-corrected chi connectivity index (χ4v) is 2.61. The van der Waals surface area contributed by atoms with Gasteiger partial charge in [0.05, 0.1) is 12.1 Å². The maximum absolute atomic E-state index is 12.3. The van der Waals surface area contributed by atoms with Crippen LogP contribution in [0, 0.1) is 13.8 Å². The van der Waals surface area contributed by atoms with Crippen LogP contribution in [0.1, 0.15) is 17.0 Å². The second-order valence-corrected chi connectivity index (χ2v) is 6.05. The zero-order valence-corrected chi connectivity index (χ0v) is 15.1. The fourth-order valence-electron chi connectivity index (χ4n) is 2.61. The molecule has 138 valence electrons. The van der Waals surface area contributed by atoms with Crippen LogP contribution in [0.25, 0.3) is 0 Å². The molecule has 3 rings (SSSR count). The number of amides is 3. The summed E-state index contributed by atoms with van der Waals surface area (Å²) < 4.78 is 5.07. The number of aryl methyl sites for hydroxylation is 2. The molecule has 0 bridgehead atoms. The number of nitrogens with zero attached hydrogens (tertiary/aromatic N) is 1. The van der Waals surface area contributed by atoms with Gasteiger partial charge in [-0.2, -0.15) is 0 Å². The Balaban J connectivity index is 1.60. The summed E-state index contributed by atoms with van der Waals surface area (Å²) in [7, 11) is 0. The van der Waals surface area contributed by atoms with Crippen LogP contribution in [0.4, 0.5) is 21.9 Å². The number of carbonyl (C=O) groups excluding carboxylic acids is 2. The molecule has 0 aliphatic rings. The smallest absolute Gasteiger partial charge is 0.323 e. The van der Waals surface area contributed by atoms with Crippen LogP contribution in [0.3, 0.4) is 0 Å². The molecule has 0 unspecified atom stereocenters. The largest absolute Gasteiger partial charge is 0.361 e. The second-order valence-electron chi connectivity index (χ2n) is 6.05. The van der Waals surface area contributed by atoms with Crippen molar-refractivity contribution in [3.8, 4) is 0 Å². The predicted molar refractivity (Wildman–Crippen MR) is 104 cm³/mol. The van der Waals surface area contributed by atoms with Gasteiger partial charge in [0.25, 0.3) is 0 Å². The summed E-state index contributed by atoms with van der Waals surface area (Å²) in [5.74, 6) is 0.450. The zero-order chi connectivity index (χ0) is 19.2. The van der Waals surface area contributed by atoms with Crippen LogP contribution in [0.2, 0.25) is 0 Å². The Kier molecular flexibility index (Phi) is 5.51. The minimum Gasteiger partial charge on any atom is -0.361 e. The van der Waals surface area contributed by atoms with E-state index in [2.05, 4.69) is 21.1 Å². The van der Waals surface area contributed by atoms with Crippen LogP contribution in [-0.4, -0.2) is 17.1 Å². The quantitative estimate of drug-likeness (QED) is 0.634. The maximum Gasteiger partial charge on any atom is 0.323 e. The van der Waals surface area contributed by atoms with E-state index in [1.807, 2.05) is 18.2 Å². The molecule has 0 aliphatic carbocycles. The lowest BCUT2D eigenvalue weighted by atomic mass is 10.1. The first-order chi connectivity index (χ1) is 13.0. The number of para-hydroxylation sites is 1. The molecule has 0 spiro atoms. The summed E-state index contributed by atoms with van der Waals surface area (Å²) in [5.41, 5.74) is 3.33. The Labute approximate surface area is 156 Å². The van der Waals surface area contributed by atoms with Gasteiger partial charge in [-0.1, -0.05) is 29.4 Å². The Morgan fingerprint density at radius 3 is 2.19 bits per heavy atom. The van der Waals surface area contributed by atoms with Crippen LogP contribution >= 0.6 is 0 Å². The van der Waals surface area contributed by atoms with Crippen molar-refractivity contribution in [2.24, 2.45) is 0 Å². The number of nitrogens with one attached hydrogen (secondary N) is 3. The topological polar surface area (TPSA) is 96.3 Å². The van der Waals surface area contributed by atoms with Gasteiger partial charge in [-0.15, -0.1) is 0 Å². The van der Waals surface area contributed by atoms with Crippen molar-refractivity contribution in [2.45, 2.75) is 20.3 Å². The van der Waals surface area contributed by atoms with E-state index in [0.717, 1.165) is 5.56 Å². The highest BCUT2D eigenvalue weighted by atomic mass is 16.5. The lowest BCUT2D eigenvalue weighted by Gasteiger charge is -2.10. The molecule has 27 heavy (non-hydrogen) atoms. The molecule has 0 saturated carbocycles. The number of rotatable bonds is 5. The minimum absolute atomic E-state index is 0.174. The van der Waals surface area contributed by atoms with Gasteiger partial charge in [-0.3, -0.25) is 4.79 Å². The van der Waals surface area contributed by atoms with Gasteiger partial charge >= 0.3 is 6.03 Å². The van der Waals surface area contributed by atoms with Crippen molar-refractivity contribution in [1.82, 2.24) is 5.16 Å². The molecule has 3 aromatic rings. The average molecular weight is 364 g/mol. The molecule has 0 aliphatic heterocycles. The third-order valence-electron chi connectivity index (χ3n) is 3.95. The average Bonchev–Trinajstić information content (AvgIpc) is 2.94. The SMILES string of the molecule is Cc1noc(C)c1CC(=O)Nc1cccc(NC(=O)Nc2ccccc2)c1. The van der Waals surface area contributed by atoms with Gasteiger partial charge < -0.3 is 20.5 Å². The first-order valence-corrected chi connectivity index (χ1v) is 8.46. The molecule has 7 nitrogen and oxygen atoms in total. The highest BCUT2D eigenvalue weighted by molar-refractivity contribution is 6.00. The third kappa shape index (κ3) is 4.94. The molecule has 0 radical (unpaired) electrons. The van der Waals surface area contributed by atoms with E-state index in [4.69, 9.17) is 4.52 Å². The van der Waals surface area contributed by atoms with Gasteiger partial charge in [-0.05, 0) is 44.2 Å². The summed E-state index contributed by atoms with van der Waals surface area (Å²) in [4.78, 5) is 24.4. The van der Waals surface area contributed by atoms with Crippen LogP contribution < -0.4 is 16.0 Å². The molecule has 0 fully saturated rings. The molecular formula is C20H20N4O3. The molecule has 3 amide bonds. The van der Waals surface area contributed by atoms with E-state index in [9.17, 15) is 9.59 Å². The Bertz CT molecular complexity index is 931. The standard InChI is InChI=1S/C20H20N4O3/c1-13-18(14(2)27-24-13)12-19(25)21-16-9-6-10-17(11-16)23-20(26)22-15-7-4-3-5-8-15/h3-11H,12H2,1-2H3,(H,21,25)(H2,22,23,26). The highest BCUT2D eigenvalue weighted by Crippen LogP contribution is 2.18. The van der Waals surface area contributed by atoms with E-state index in [1.54, 1.807) is 50.2 Å². The normalized spacial score (nSPS) is 10.3. The van der Waals surface area contributed by atoms with Crippen molar-refractivity contribution in [3.63, 3.8) is 0 Å². The Morgan fingerprint density at radius 2 is 1.52 bits per heavy atom. The maximum atomic E-state index is 12.3. The van der Waals surface area contributed by atoms with E-state index >= 15 is 0 Å². The van der Waals surface area contributed by atoms with E-state index in [1.165, 1.54) is 0 Å². The summed E-state index contributed by atoms with van der Waals surface area (Å²) in [6.07, 6.45) is 0.174. The second kappa shape index (κ2) is 8.18. The lowest BCUT2D eigenvalue weighted by Crippen LogP contribution is -2.19. The third-order valence-corrected chi connectivity index (χ3v) is 3.95.